The Balaban J connectivity index is 2.04. The summed E-state index contributed by atoms with van der Waals surface area (Å²) in [6.07, 6.45) is 1.83. The molecule has 0 aliphatic rings. The lowest BCUT2D eigenvalue weighted by atomic mass is 10.2. The van der Waals surface area contributed by atoms with Gasteiger partial charge in [0.2, 0.25) is 0 Å². The Morgan fingerprint density at radius 1 is 1.26 bits per heavy atom. The van der Waals surface area contributed by atoms with E-state index in [0.717, 1.165) is 35.9 Å². The van der Waals surface area contributed by atoms with Crippen LogP contribution in [0.2, 0.25) is 0 Å². The number of benzene rings is 1. The van der Waals surface area contributed by atoms with Gasteiger partial charge in [-0.25, -0.2) is 4.98 Å². The van der Waals surface area contributed by atoms with Gasteiger partial charge in [0.15, 0.2) is 0 Å². The molecule has 0 amide bonds. The molecule has 0 aliphatic heterocycles. The molecule has 1 aromatic carbocycles. The summed E-state index contributed by atoms with van der Waals surface area (Å²) >= 11 is 0. The van der Waals surface area contributed by atoms with Crippen LogP contribution in [0.3, 0.4) is 0 Å². The monoisotopic (exact) mass is 261 g/mol. The molecule has 2 rings (SSSR count). The zero-order valence-electron chi connectivity index (χ0n) is 11.3. The first-order valence-corrected chi connectivity index (χ1v) is 6.22. The van der Waals surface area contributed by atoms with Gasteiger partial charge in [-0.3, -0.25) is 0 Å². The van der Waals surface area contributed by atoms with Gasteiger partial charge in [0.05, 0.1) is 19.3 Å². The largest absolute Gasteiger partial charge is 0.496 e. The van der Waals surface area contributed by atoms with Crippen molar-refractivity contribution in [3.8, 4) is 17.1 Å². The smallest absolute Gasteiger partial charge is 0.141 e. The number of nitrogens with one attached hydrogen (secondary N) is 2. The predicted octanol–water partition coefficient (Wildman–Crippen LogP) is 1.82. The minimum absolute atomic E-state index is 0.702. The molecule has 0 spiro atoms. The van der Waals surface area contributed by atoms with Crippen LogP contribution in [-0.4, -0.2) is 37.3 Å². The Morgan fingerprint density at radius 2 is 2.11 bits per heavy atom. The van der Waals surface area contributed by atoms with Gasteiger partial charge < -0.3 is 19.8 Å². The SMILES string of the molecule is COCCNCc1cnc(-c2ccccc2OC)[nH]1. The predicted molar refractivity (Wildman–Crippen MR) is 74.2 cm³/mol. The van der Waals surface area contributed by atoms with E-state index < -0.39 is 0 Å². The van der Waals surface area contributed by atoms with Gasteiger partial charge in [-0.05, 0) is 12.1 Å². The summed E-state index contributed by atoms with van der Waals surface area (Å²) in [7, 11) is 3.35. The number of para-hydroxylation sites is 1. The normalized spacial score (nSPS) is 10.6. The van der Waals surface area contributed by atoms with Gasteiger partial charge >= 0.3 is 0 Å². The number of hydrogen-bond acceptors (Lipinski definition) is 4. The molecule has 2 aromatic rings. The second-order valence-electron chi connectivity index (χ2n) is 4.13. The first-order valence-electron chi connectivity index (χ1n) is 6.22. The third kappa shape index (κ3) is 3.56. The van der Waals surface area contributed by atoms with Gasteiger partial charge in [0, 0.05) is 32.1 Å². The summed E-state index contributed by atoms with van der Waals surface area (Å²) in [6, 6.07) is 7.82. The number of aromatic nitrogens is 2. The van der Waals surface area contributed by atoms with E-state index >= 15 is 0 Å². The molecular weight excluding hydrogens is 242 g/mol. The van der Waals surface area contributed by atoms with Gasteiger partial charge in [0.25, 0.3) is 0 Å². The molecule has 2 N–H and O–H groups in total. The van der Waals surface area contributed by atoms with Crippen LogP contribution in [0.25, 0.3) is 11.4 Å². The Labute approximate surface area is 113 Å². The van der Waals surface area contributed by atoms with Crippen LogP contribution in [0, 0.1) is 0 Å². The Kier molecular flexibility index (Phi) is 4.94. The van der Waals surface area contributed by atoms with Crippen molar-refractivity contribution in [3.05, 3.63) is 36.2 Å². The molecule has 0 unspecified atom stereocenters. The highest BCUT2D eigenvalue weighted by atomic mass is 16.5. The molecule has 0 radical (unpaired) electrons. The van der Waals surface area contributed by atoms with E-state index in [4.69, 9.17) is 9.47 Å². The number of H-pyrrole nitrogens is 1. The molecule has 5 heteroatoms. The molecule has 0 atom stereocenters. The summed E-state index contributed by atoms with van der Waals surface area (Å²) in [4.78, 5) is 7.67. The Bertz CT molecular complexity index is 511. The topological polar surface area (TPSA) is 59.2 Å². The highest BCUT2D eigenvalue weighted by molar-refractivity contribution is 5.64. The number of nitrogens with zero attached hydrogens (tertiary/aromatic N) is 1. The van der Waals surface area contributed by atoms with E-state index in [9.17, 15) is 0 Å². The van der Waals surface area contributed by atoms with E-state index in [1.54, 1.807) is 14.2 Å². The second kappa shape index (κ2) is 6.92. The van der Waals surface area contributed by atoms with Gasteiger partial charge in [0.1, 0.15) is 11.6 Å². The fourth-order valence-electron chi connectivity index (χ4n) is 1.82. The average Bonchev–Trinajstić information content (AvgIpc) is 2.92. The molecule has 19 heavy (non-hydrogen) atoms. The van der Waals surface area contributed by atoms with Crippen molar-refractivity contribution < 1.29 is 9.47 Å². The quantitative estimate of drug-likeness (QED) is 0.746. The minimum Gasteiger partial charge on any atom is -0.496 e. The van der Waals surface area contributed by atoms with Crippen LogP contribution in [-0.2, 0) is 11.3 Å². The molecule has 102 valence electrons. The van der Waals surface area contributed by atoms with Crippen molar-refractivity contribution in [2.75, 3.05) is 27.4 Å². The molecule has 5 nitrogen and oxygen atoms in total. The van der Waals surface area contributed by atoms with Crippen LogP contribution in [0.1, 0.15) is 5.69 Å². The third-order valence-electron chi connectivity index (χ3n) is 2.79. The number of aromatic amines is 1. The first kappa shape index (κ1) is 13.6. The van der Waals surface area contributed by atoms with E-state index in [-0.39, 0.29) is 0 Å². The van der Waals surface area contributed by atoms with Crippen LogP contribution < -0.4 is 10.1 Å². The zero-order valence-corrected chi connectivity index (χ0v) is 11.3. The van der Waals surface area contributed by atoms with Crippen LogP contribution in [0.4, 0.5) is 0 Å². The van der Waals surface area contributed by atoms with Crippen molar-refractivity contribution in [2.24, 2.45) is 0 Å². The fourth-order valence-corrected chi connectivity index (χ4v) is 1.82. The number of hydrogen-bond donors (Lipinski definition) is 2. The summed E-state index contributed by atoms with van der Waals surface area (Å²) in [6.45, 7) is 2.26. The van der Waals surface area contributed by atoms with E-state index in [2.05, 4.69) is 15.3 Å². The first-order chi connectivity index (χ1) is 9.35. The third-order valence-corrected chi connectivity index (χ3v) is 2.79. The summed E-state index contributed by atoms with van der Waals surface area (Å²) in [5, 5.41) is 3.27. The number of ether oxygens (including phenoxy) is 2. The lowest BCUT2D eigenvalue weighted by Crippen LogP contribution is -2.18. The number of methoxy groups -OCH3 is 2. The fraction of sp³-hybridized carbons (Fsp3) is 0.357. The maximum atomic E-state index is 5.33. The Hall–Kier alpha value is -1.85. The van der Waals surface area contributed by atoms with Crippen LogP contribution >= 0.6 is 0 Å². The maximum absolute atomic E-state index is 5.33. The second-order valence-corrected chi connectivity index (χ2v) is 4.13. The van der Waals surface area contributed by atoms with Crippen molar-refractivity contribution in [1.29, 1.82) is 0 Å². The van der Waals surface area contributed by atoms with Crippen molar-refractivity contribution in [2.45, 2.75) is 6.54 Å². The molecule has 0 aliphatic carbocycles. The lowest BCUT2D eigenvalue weighted by molar-refractivity contribution is 0.199. The van der Waals surface area contributed by atoms with Gasteiger partial charge in [-0.2, -0.15) is 0 Å². The number of imidazole rings is 1. The summed E-state index contributed by atoms with van der Waals surface area (Å²) < 4.78 is 10.3. The van der Waals surface area contributed by atoms with Crippen molar-refractivity contribution in [3.63, 3.8) is 0 Å². The van der Waals surface area contributed by atoms with E-state index in [1.807, 2.05) is 30.5 Å². The molecule has 0 fully saturated rings. The summed E-state index contributed by atoms with van der Waals surface area (Å²) in [5.74, 6) is 1.64. The highest BCUT2D eigenvalue weighted by Gasteiger charge is 2.08. The summed E-state index contributed by atoms with van der Waals surface area (Å²) in [5.41, 5.74) is 2.00. The van der Waals surface area contributed by atoms with E-state index in [1.165, 1.54) is 0 Å². The molecule has 0 bridgehead atoms. The maximum Gasteiger partial charge on any atom is 0.141 e. The van der Waals surface area contributed by atoms with Crippen LogP contribution in [0.15, 0.2) is 30.5 Å². The molecule has 0 saturated heterocycles. The minimum atomic E-state index is 0.702. The molecular formula is C14H19N3O2. The number of rotatable bonds is 7. The van der Waals surface area contributed by atoms with Gasteiger partial charge in [-0.15, -0.1) is 0 Å². The molecule has 1 aromatic heterocycles. The van der Waals surface area contributed by atoms with Crippen molar-refractivity contribution in [1.82, 2.24) is 15.3 Å². The van der Waals surface area contributed by atoms with Crippen LogP contribution in [0.5, 0.6) is 5.75 Å². The highest BCUT2D eigenvalue weighted by Crippen LogP contribution is 2.26. The van der Waals surface area contributed by atoms with Gasteiger partial charge in [-0.1, -0.05) is 12.1 Å². The van der Waals surface area contributed by atoms with E-state index in [0.29, 0.717) is 6.61 Å². The standard InChI is InChI=1S/C14H19N3O2/c1-18-8-7-15-9-11-10-16-14(17-11)12-5-3-4-6-13(12)19-2/h3-6,10,15H,7-9H2,1-2H3,(H,16,17). The zero-order chi connectivity index (χ0) is 13.5. The molecule has 0 saturated carbocycles. The average molecular weight is 261 g/mol. The lowest BCUT2D eigenvalue weighted by Gasteiger charge is -2.05. The Morgan fingerprint density at radius 3 is 2.89 bits per heavy atom. The molecule has 1 heterocycles. The van der Waals surface area contributed by atoms with Crippen molar-refractivity contribution >= 4 is 0 Å².